The van der Waals surface area contributed by atoms with Gasteiger partial charge in [-0.05, 0) is 31.0 Å². The molecule has 31 heavy (non-hydrogen) atoms. The summed E-state index contributed by atoms with van der Waals surface area (Å²) in [4.78, 5) is 24.9. The normalized spacial score (nSPS) is 32.3. The SMILES string of the molecule is COC(=O)[C@]1(OC)C[C@H](O[Si](C)(C)C(C)(C)C)[C@@H](NC(C)=O)[C@H]([C@H]2C=CCCCO2)O1. The zero-order chi connectivity index (χ0) is 23.4. The highest BCUT2D eigenvalue weighted by Crippen LogP contribution is 2.42. The Bertz CT molecular complexity index is 675. The van der Waals surface area contributed by atoms with Gasteiger partial charge in [-0.25, -0.2) is 4.79 Å². The molecule has 2 rings (SSSR count). The second-order valence-corrected chi connectivity index (χ2v) is 14.5. The number of rotatable bonds is 6. The molecule has 2 aliphatic heterocycles. The van der Waals surface area contributed by atoms with Crippen molar-refractivity contribution in [2.75, 3.05) is 20.8 Å². The maximum absolute atomic E-state index is 12.8. The van der Waals surface area contributed by atoms with Crippen molar-refractivity contribution in [2.24, 2.45) is 0 Å². The van der Waals surface area contributed by atoms with Gasteiger partial charge in [-0.2, -0.15) is 0 Å². The Labute approximate surface area is 187 Å². The predicted octanol–water partition coefficient (Wildman–Crippen LogP) is 2.92. The highest BCUT2D eigenvalue weighted by molar-refractivity contribution is 6.74. The first-order chi connectivity index (χ1) is 14.4. The van der Waals surface area contributed by atoms with Crippen LogP contribution in [0.2, 0.25) is 18.1 Å². The first-order valence-corrected chi connectivity index (χ1v) is 13.8. The number of carbonyl (C=O) groups is 2. The molecule has 1 amide bonds. The molecule has 0 bridgehead atoms. The molecule has 9 heteroatoms. The minimum Gasteiger partial charge on any atom is -0.465 e. The summed E-state index contributed by atoms with van der Waals surface area (Å²) < 4.78 is 29.7. The van der Waals surface area contributed by atoms with Gasteiger partial charge >= 0.3 is 5.97 Å². The Morgan fingerprint density at radius 3 is 2.45 bits per heavy atom. The monoisotopic (exact) mass is 457 g/mol. The molecule has 0 spiro atoms. The Balaban J connectivity index is 2.53. The van der Waals surface area contributed by atoms with Crippen LogP contribution in [0.5, 0.6) is 0 Å². The summed E-state index contributed by atoms with van der Waals surface area (Å²) in [5.41, 5.74) is 0. The predicted molar refractivity (Wildman–Crippen MR) is 119 cm³/mol. The van der Waals surface area contributed by atoms with Gasteiger partial charge < -0.3 is 28.7 Å². The van der Waals surface area contributed by atoms with Gasteiger partial charge in [-0.1, -0.05) is 32.9 Å². The number of amides is 1. The molecule has 2 aliphatic rings. The summed E-state index contributed by atoms with van der Waals surface area (Å²) in [6.45, 7) is 12.7. The van der Waals surface area contributed by atoms with Crippen molar-refractivity contribution >= 4 is 20.2 Å². The van der Waals surface area contributed by atoms with E-state index in [1.54, 1.807) is 0 Å². The largest absolute Gasteiger partial charge is 0.465 e. The van der Waals surface area contributed by atoms with E-state index in [-0.39, 0.29) is 17.4 Å². The molecule has 0 aliphatic carbocycles. The molecular weight excluding hydrogens is 418 g/mol. The van der Waals surface area contributed by atoms with Gasteiger partial charge in [0.25, 0.3) is 5.79 Å². The van der Waals surface area contributed by atoms with E-state index >= 15 is 0 Å². The van der Waals surface area contributed by atoms with E-state index < -0.39 is 44.4 Å². The van der Waals surface area contributed by atoms with Crippen LogP contribution in [-0.4, -0.2) is 71.2 Å². The lowest BCUT2D eigenvalue weighted by Crippen LogP contribution is -2.68. The molecule has 0 aromatic rings. The van der Waals surface area contributed by atoms with Gasteiger partial charge in [-0.15, -0.1) is 0 Å². The lowest BCUT2D eigenvalue weighted by molar-refractivity contribution is -0.297. The molecule has 0 aromatic carbocycles. The molecule has 1 saturated heterocycles. The fraction of sp³-hybridized carbons (Fsp3) is 0.818. The van der Waals surface area contributed by atoms with Crippen LogP contribution in [0.25, 0.3) is 0 Å². The molecular formula is C22H39NO7Si. The third-order valence-electron chi connectivity index (χ3n) is 6.47. The van der Waals surface area contributed by atoms with E-state index in [1.807, 2.05) is 12.2 Å². The van der Waals surface area contributed by atoms with Crippen LogP contribution in [0.1, 0.15) is 47.0 Å². The van der Waals surface area contributed by atoms with Crippen LogP contribution in [0.4, 0.5) is 0 Å². The van der Waals surface area contributed by atoms with Crippen molar-refractivity contribution in [1.82, 2.24) is 5.32 Å². The van der Waals surface area contributed by atoms with Gasteiger partial charge in [0.15, 0.2) is 8.32 Å². The average Bonchev–Trinajstić information content (AvgIpc) is 2.96. The van der Waals surface area contributed by atoms with Crippen molar-refractivity contribution in [2.45, 2.75) is 95.2 Å². The fourth-order valence-corrected chi connectivity index (χ4v) is 5.05. The van der Waals surface area contributed by atoms with E-state index in [4.69, 9.17) is 23.4 Å². The van der Waals surface area contributed by atoms with Crippen molar-refractivity contribution in [1.29, 1.82) is 0 Å². The zero-order valence-corrected chi connectivity index (χ0v) is 21.2. The van der Waals surface area contributed by atoms with Crippen LogP contribution in [0.15, 0.2) is 12.2 Å². The summed E-state index contributed by atoms with van der Waals surface area (Å²) in [6, 6.07) is -0.521. The van der Waals surface area contributed by atoms with Crippen LogP contribution >= 0.6 is 0 Å². The van der Waals surface area contributed by atoms with Crippen molar-refractivity contribution in [3.8, 4) is 0 Å². The van der Waals surface area contributed by atoms with Crippen molar-refractivity contribution < 1.29 is 33.0 Å². The number of allylic oxidation sites excluding steroid dienone is 1. The lowest BCUT2D eigenvalue weighted by atomic mass is 9.89. The molecule has 0 aromatic heterocycles. The molecule has 0 radical (unpaired) electrons. The second kappa shape index (κ2) is 10.1. The number of ether oxygens (including phenoxy) is 4. The number of esters is 1. The minimum atomic E-state index is -2.27. The topological polar surface area (TPSA) is 92.3 Å². The Morgan fingerprint density at radius 2 is 1.90 bits per heavy atom. The van der Waals surface area contributed by atoms with E-state index in [0.717, 1.165) is 12.8 Å². The number of nitrogens with one attached hydrogen (secondary N) is 1. The lowest BCUT2D eigenvalue weighted by Gasteiger charge is -2.50. The molecule has 178 valence electrons. The Kier molecular flexibility index (Phi) is 8.49. The average molecular weight is 458 g/mol. The molecule has 1 N–H and O–H groups in total. The summed E-state index contributed by atoms with van der Waals surface area (Å²) in [6.07, 6.45) is 4.16. The minimum absolute atomic E-state index is 0.0682. The first kappa shape index (κ1) is 26.0. The number of hydrogen-bond acceptors (Lipinski definition) is 7. The molecule has 5 atom stereocenters. The molecule has 0 saturated carbocycles. The van der Waals surface area contributed by atoms with Crippen LogP contribution < -0.4 is 5.32 Å². The molecule has 1 fully saturated rings. The van der Waals surface area contributed by atoms with Gasteiger partial charge in [0, 0.05) is 27.1 Å². The first-order valence-electron chi connectivity index (χ1n) is 10.9. The van der Waals surface area contributed by atoms with Gasteiger partial charge in [0.2, 0.25) is 5.91 Å². The maximum Gasteiger partial charge on any atom is 0.366 e. The van der Waals surface area contributed by atoms with Gasteiger partial charge in [0.05, 0.1) is 19.3 Å². The standard InChI is InChI=1S/C22H39NO7Si/c1-15(24)23-18-17(30-31(7,8)21(2,3)4)14-22(27-6,20(25)26-5)29-19(18)16-12-10-9-11-13-28-16/h10,12,16-19H,9,11,13-14H2,1-8H3,(H,23,24)/t16-,17+,18-,19+,22+/m1/s1. The van der Waals surface area contributed by atoms with Crippen LogP contribution in [-0.2, 0) is 33.0 Å². The molecule has 8 nitrogen and oxygen atoms in total. The molecule has 0 unspecified atom stereocenters. The smallest absolute Gasteiger partial charge is 0.366 e. The summed E-state index contributed by atoms with van der Waals surface area (Å²) in [5, 5.41) is 2.94. The van der Waals surface area contributed by atoms with Gasteiger partial charge in [-0.3, -0.25) is 4.79 Å². The fourth-order valence-electron chi connectivity index (χ4n) is 3.71. The quantitative estimate of drug-likeness (QED) is 0.372. The van der Waals surface area contributed by atoms with Gasteiger partial charge in [0.1, 0.15) is 12.2 Å². The number of methoxy groups -OCH3 is 2. The summed E-state index contributed by atoms with van der Waals surface area (Å²) in [7, 11) is 0.448. The van der Waals surface area contributed by atoms with E-state index in [0.29, 0.717) is 6.61 Å². The second-order valence-electron chi connectivity index (χ2n) is 9.78. The number of carbonyl (C=O) groups excluding carboxylic acids is 2. The Morgan fingerprint density at radius 1 is 1.23 bits per heavy atom. The highest BCUT2D eigenvalue weighted by Gasteiger charge is 2.57. The number of hydrogen-bond donors (Lipinski definition) is 1. The Hall–Kier alpha value is -1.26. The van der Waals surface area contributed by atoms with Crippen molar-refractivity contribution in [3.63, 3.8) is 0 Å². The summed E-state index contributed by atoms with van der Waals surface area (Å²) >= 11 is 0. The third-order valence-corrected chi connectivity index (χ3v) is 11.0. The highest BCUT2D eigenvalue weighted by atomic mass is 28.4. The van der Waals surface area contributed by atoms with E-state index in [2.05, 4.69) is 39.2 Å². The van der Waals surface area contributed by atoms with E-state index in [9.17, 15) is 9.59 Å². The van der Waals surface area contributed by atoms with Crippen LogP contribution in [0.3, 0.4) is 0 Å². The molecule has 2 heterocycles. The van der Waals surface area contributed by atoms with Crippen molar-refractivity contribution in [3.05, 3.63) is 12.2 Å². The van der Waals surface area contributed by atoms with E-state index in [1.165, 1.54) is 21.1 Å². The summed E-state index contributed by atoms with van der Waals surface area (Å²) in [5.74, 6) is -2.49. The zero-order valence-electron chi connectivity index (χ0n) is 20.2. The third kappa shape index (κ3) is 5.95. The maximum atomic E-state index is 12.8. The van der Waals surface area contributed by atoms with Crippen LogP contribution in [0, 0.1) is 0 Å².